The predicted octanol–water partition coefficient (Wildman–Crippen LogP) is 2.02. The Labute approximate surface area is 114 Å². The zero-order valence-electron chi connectivity index (χ0n) is 10.4. The number of nitriles is 1. The third kappa shape index (κ3) is 1.71. The van der Waals surface area contributed by atoms with Crippen LogP contribution in [0.3, 0.4) is 0 Å². The first kappa shape index (κ1) is 11.9. The van der Waals surface area contributed by atoms with E-state index in [2.05, 4.69) is 4.98 Å². The molecule has 0 saturated heterocycles. The number of aromatic nitrogens is 2. The Morgan fingerprint density at radius 1 is 1.30 bits per heavy atom. The Morgan fingerprint density at radius 2 is 2.05 bits per heavy atom. The lowest BCUT2D eigenvalue weighted by Gasteiger charge is -2.07. The third-order valence-electron chi connectivity index (χ3n) is 3.11. The first-order chi connectivity index (χ1) is 9.72. The van der Waals surface area contributed by atoms with E-state index in [9.17, 15) is 4.79 Å². The van der Waals surface area contributed by atoms with Crippen molar-refractivity contribution in [1.29, 1.82) is 5.26 Å². The standard InChI is InChI=1S/C15H10N4O/c16-9-11-8-12(13(20)10-4-2-1-3-5-10)15-18-6-7-19(15)14(11)17/h1-8H,17H2. The molecule has 3 rings (SSSR count). The molecule has 0 radical (unpaired) electrons. The molecule has 0 aliphatic rings. The Balaban J connectivity index is 2.27. The number of imidazole rings is 1. The van der Waals surface area contributed by atoms with Crippen molar-refractivity contribution in [2.24, 2.45) is 0 Å². The number of carbonyl (C=O) groups excluding carboxylic acids is 1. The maximum absolute atomic E-state index is 12.5. The van der Waals surface area contributed by atoms with Gasteiger partial charge < -0.3 is 5.73 Å². The molecule has 5 heteroatoms. The fourth-order valence-electron chi connectivity index (χ4n) is 2.11. The van der Waals surface area contributed by atoms with Crippen LogP contribution in [-0.4, -0.2) is 15.2 Å². The van der Waals surface area contributed by atoms with E-state index in [0.29, 0.717) is 16.8 Å². The highest BCUT2D eigenvalue weighted by molar-refractivity contribution is 6.13. The monoisotopic (exact) mass is 262 g/mol. The number of fused-ring (bicyclic) bond motifs is 1. The summed E-state index contributed by atoms with van der Waals surface area (Å²) in [5, 5.41) is 9.12. The Hall–Kier alpha value is -3.13. The summed E-state index contributed by atoms with van der Waals surface area (Å²) in [6.45, 7) is 0. The maximum atomic E-state index is 12.5. The first-order valence-corrected chi connectivity index (χ1v) is 5.97. The maximum Gasteiger partial charge on any atom is 0.196 e. The molecular formula is C15H10N4O. The van der Waals surface area contributed by atoms with E-state index < -0.39 is 0 Å². The van der Waals surface area contributed by atoms with Crippen molar-refractivity contribution in [3.63, 3.8) is 0 Å². The van der Waals surface area contributed by atoms with Gasteiger partial charge in [0.2, 0.25) is 0 Å². The van der Waals surface area contributed by atoms with Gasteiger partial charge in [-0.2, -0.15) is 5.26 Å². The number of nitrogens with zero attached hydrogens (tertiary/aromatic N) is 3. The smallest absolute Gasteiger partial charge is 0.196 e. The van der Waals surface area contributed by atoms with Gasteiger partial charge in [-0.3, -0.25) is 9.20 Å². The van der Waals surface area contributed by atoms with Crippen molar-refractivity contribution in [1.82, 2.24) is 9.38 Å². The molecule has 2 aromatic heterocycles. The summed E-state index contributed by atoms with van der Waals surface area (Å²) in [6, 6.07) is 12.4. The molecule has 0 bridgehead atoms. The van der Waals surface area contributed by atoms with E-state index in [1.54, 1.807) is 41.1 Å². The number of nitrogen functional groups attached to an aromatic ring is 1. The van der Waals surface area contributed by atoms with Crippen molar-refractivity contribution in [2.45, 2.75) is 0 Å². The summed E-state index contributed by atoms with van der Waals surface area (Å²) >= 11 is 0. The molecule has 0 unspecified atom stereocenters. The van der Waals surface area contributed by atoms with Crippen LogP contribution < -0.4 is 5.73 Å². The van der Waals surface area contributed by atoms with Gasteiger partial charge in [0.1, 0.15) is 17.5 Å². The zero-order chi connectivity index (χ0) is 14.1. The van der Waals surface area contributed by atoms with E-state index >= 15 is 0 Å². The summed E-state index contributed by atoms with van der Waals surface area (Å²) in [6.07, 6.45) is 3.18. The molecule has 2 N–H and O–H groups in total. The highest BCUT2D eigenvalue weighted by atomic mass is 16.1. The van der Waals surface area contributed by atoms with Crippen molar-refractivity contribution in [3.8, 4) is 6.07 Å². The lowest BCUT2D eigenvalue weighted by atomic mass is 10.0. The van der Waals surface area contributed by atoms with Gasteiger partial charge in [0, 0.05) is 18.0 Å². The molecule has 5 nitrogen and oxygen atoms in total. The van der Waals surface area contributed by atoms with Crippen LogP contribution in [0.25, 0.3) is 5.65 Å². The minimum atomic E-state index is -0.182. The molecule has 96 valence electrons. The van der Waals surface area contributed by atoms with Crippen molar-refractivity contribution >= 4 is 17.2 Å². The second kappa shape index (κ2) is 4.52. The highest BCUT2D eigenvalue weighted by Crippen LogP contribution is 2.21. The molecule has 0 fully saturated rings. The van der Waals surface area contributed by atoms with Crippen LogP contribution in [0, 0.1) is 11.3 Å². The molecule has 0 aliphatic heterocycles. The van der Waals surface area contributed by atoms with Gasteiger partial charge in [-0.1, -0.05) is 30.3 Å². The van der Waals surface area contributed by atoms with Crippen LogP contribution in [0.4, 0.5) is 5.82 Å². The number of hydrogen-bond donors (Lipinski definition) is 1. The average Bonchev–Trinajstić information content (AvgIpc) is 2.98. The van der Waals surface area contributed by atoms with E-state index in [1.807, 2.05) is 12.1 Å². The van der Waals surface area contributed by atoms with Crippen molar-refractivity contribution in [2.75, 3.05) is 5.73 Å². The Morgan fingerprint density at radius 3 is 2.75 bits per heavy atom. The summed E-state index contributed by atoms with van der Waals surface area (Å²) in [5.74, 6) is 0.0999. The molecule has 0 atom stereocenters. The second-order valence-electron chi connectivity index (χ2n) is 4.28. The molecule has 3 aromatic rings. The molecule has 2 heterocycles. The summed E-state index contributed by atoms with van der Waals surface area (Å²) in [7, 11) is 0. The van der Waals surface area contributed by atoms with Crippen LogP contribution in [0.2, 0.25) is 0 Å². The van der Waals surface area contributed by atoms with E-state index in [1.165, 1.54) is 6.07 Å². The SMILES string of the molecule is N#Cc1cc(C(=O)c2ccccc2)c2nccn2c1N. The van der Waals surface area contributed by atoms with Gasteiger partial charge in [-0.05, 0) is 6.07 Å². The number of hydrogen-bond acceptors (Lipinski definition) is 4. The molecule has 0 saturated carbocycles. The Bertz CT molecular complexity index is 843. The van der Waals surface area contributed by atoms with Crippen molar-refractivity contribution in [3.05, 3.63) is 65.5 Å². The minimum Gasteiger partial charge on any atom is -0.384 e. The molecular weight excluding hydrogens is 252 g/mol. The molecule has 1 aromatic carbocycles. The van der Waals surface area contributed by atoms with Crippen LogP contribution in [0.5, 0.6) is 0 Å². The predicted molar refractivity (Wildman–Crippen MR) is 74.2 cm³/mol. The third-order valence-corrected chi connectivity index (χ3v) is 3.11. The van der Waals surface area contributed by atoms with Crippen molar-refractivity contribution < 1.29 is 4.79 Å². The zero-order valence-corrected chi connectivity index (χ0v) is 10.4. The van der Waals surface area contributed by atoms with Crippen LogP contribution >= 0.6 is 0 Å². The lowest BCUT2D eigenvalue weighted by molar-refractivity contribution is 0.104. The largest absolute Gasteiger partial charge is 0.384 e. The fraction of sp³-hybridized carbons (Fsp3) is 0. The second-order valence-corrected chi connectivity index (χ2v) is 4.28. The average molecular weight is 262 g/mol. The number of ketones is 1. The van der Waals surface area contributed by atoms with E-state index in [0.717, 1.165) is 0 Å². The van der Waals surface area contributed by atoms with Crippen LogP contribution in [-0.2, 0) is 0 Å². The number of pyridine rings is 1. The van der Waals surface area contributed by atoms with Gasteiger partial charge in [0.25, 0.3) is 0 Å². The molecule has 0 spiro atoms. The van der Waals surface area contributed by atoms with Crippen LogP contribution in [0.15, 0.2) is 48.8 Å². The number of carbonyl (C=O) groups is 1. The quantitative estimate of drug-likeness (QED) is 0.716. The number of benzene rings is 1. The number of rotatable bonds is 2. The van der Waals surface area contributed by atoms with Gasteiger partial charge in [-0.25, -0.2) is 4.98 Å². The summed E-state index contributed by atoms with van der Waals surface area (Å²) in [4.78, 5) is 16.7. The summed E-state index contributed by atoms with van der Waals surface area (Å²) in [5.41, 5.74) is 7.50. The van der Waals surface area contributed by atoms with Gasteiger partial charge in [0.05, 0.1) is 11.1 Å². The number of anilines is 1. The van der Waals surface area contributed by atoms with E-state index in [4.69, 9.17) is 11.0 Å². The molecule has 0 aliphatic carbocycles. The minimum absolute atomic E-state index is 0.182. The first-order valence-electron chi connectivity index (χ1n) is 5.97. The van der Waals surface area contributed by atoms with Crippen LogP contribution in [0.1, 0.15) is 21.5 Å². The van der Waals surface area contributed by atoms with E-state index in [-0.39, 0.29) is 17.2 Å². The van der Waals surface area contributed by atoms with Gasteiger partial charge in [0.15, 0.2) is 5.78 Å². The topological polar surface area (TPSA) is 84.2 Å². The molecule has 20 heavy (non-hydrogen) atoms. The van der Waals surface area contributed by atoms with Gasteiger partial charge in [-0.15, -0.1) is 0 Å². The lowest BCUT2D eigenvalue weighted by Crippen LogP contribution is -2.08. The highest BCUT2D eigenvalue weighted by Gasteiger charge is 2.17. The number of nitrogens with two attached hydrogens (primary N) is 1. The van der Waals surface area contributed by atoms with Gasteiger partial charge >= 0.3 is 0 Å². The normalized spacial score (nSPS) is 10.3. The summed E-state index contributed by atoms with van der Waals surface area (Å²) < 4.78 is 1.55. The molecule has 0 amide bonds. The fourth-order valence-corrected chi connectivity index (χ4v) is 2.11. The Kier molecular flexibility index (Phi) is 2.70.